The van der Waals surface area contributed by atoms with E-state index >= 15 is 0 Å². The van der Waals surface area contributed by atoms with Gasteiger partial charge in [0, 0.05) is 50.6 Å². The first-order chi connectivity index (χ1) is 18.0. The highest BCUT2D eigenvalue weighted by Crippen LogP contribution is 2.33. The van der Waals surface area contributed by atoms with Crippen LogP contribution in [0.3, 0.4) is 0 Å². The summed E-state index contributed by atoms with van der Waals surface area (Å²) in [4.78, 5) is 23.2. The minimum Gasteiger partial charge on any atom is -0.493 e. The summed E-state index contributed by atoms with van der Waals surface area (Å²) in [6.07, 6.45) is 2.62. The number of anilines is 1. The van der Waals surface area contributed by atoms with Crippen LogP contribution in [0, 0.1) is 5.82 Å². The summed E-state index contributed by atoms with van der Waals surface area (Å²) in [7, 11) is 4.93. The quantitative estimate of drug-likeness (QED) is 0.430. The van der Waals surface area contributed by atoms with Crippen LogP contribution in [0.25, 0.3) is 22.4 Å². The molecule has 0 bridgehead atoms. The zero-order valence-electron chi connectivity index (χ0n) is 20.9. The van der Waals surface area contributed by atoms with Crippen molar-refractivity contribution in [1.29, 1.82) is 0 Å². The molecule has 5 rings (SSSR count). The predicted molar refractivity (Wildman–Crippen MR) is 141 cm³/mol. The van der Waals surface area contributed by atoms with Gasteiger partial charge in [0.2, 0.25) is 5.95 Å². The second-order valence-electron chi connectivity index (χ2n) is 8.84. The number of hydrogen-bond donors (Lipinski definition) is 1. The minimum absolute atomic E-state index is 0.0337. The van der Waals surface area contributed by atoms with Crippen molar-refractivity contribution >= 4 is 5.95 Å². The Kier molecular flexibility index (Phi) is 6.87. The molecule has 1 atom stereocenters. The van der Waals surface area contributed by atoms with E-state index in [2.05, 4.69) is 44.5 Å². The average Bonchev–Trinajstić information content (AvgIpc) is 2.94. The van der Waals surface area contributed by atoms with Crippen molar-refractivity contribution in [3.8, 4) is 33.9 Å². The van der Waals surface area contributed by atoms with Gasteiger partial charge in [-0.05, 0) is 34.9 Å². The number of nitrogens with zero attached hydrogens (tertiary/aromatic N) is 4. The molecule has 4 aromatic rings. The second kappa shape index (κ2) is 10.4. The van der Waals surface area contributed by atoms with Crippen LogP contribution < -0.4 is 25.2 Å². The topological polar surface area (TPSA) is 81.5 Å². The standard InChI is InChI=1S/C28H28FN5O3/c1-33-27(35)15-23(21-10-11-30-16-22(21)29)32-28(33)34-13-12-31-24(17-34)19-6-4-18(5-7-19)20-8-9-25(36-2)26(14-20)37-3/h4-11,14-16,24,31H,12-13,17H2,1-3H3/t24-/m1/s1. The van der Waals surface area contributed by atoms with E-state index in [1.54, 1.807) is 21.3 Å². The maximum atomic E-state index is 14.4. The maximum absolute atomic E-state index is 14.4. The van der Waals surface area contributed by atoms with E-state index < -0.39 is 5.82 Å². The van der Waals surface area contributed by atoms with Crippen molar-refractivity contribution in [3.05, 3.63) is 88.7 Å². The van der Waals surface area contributed by atoms with Crippen molar-refractivity contribution in [2.24, 2.45) is 7.05 Å². The summed E-state index contributed by atoms with van der Waals surface area (Å²) in [5.41, 5.74) is 3.52. The largest absolute Gasteiger partial charge is 0.493 e. The molecule has 2 aromatic heterocycles. The number of rotatable bonds is 6. The molecule has 1 aliphatic heterocycles. The van der Waals surface area contributed by atoms with Crippen LogP contribution in [0.1, 0.15) is 11.6 Å². The van der Waals surface area contributed by atoms with Crippen molar-refractivity contribution in [1.82, 2.24) is 19.9 Å². The molecular formula is C28H28FN5O3. The molecule has 0 saturated carbocycles. The lowest BCUT2D eigenvalue weighted by atomic mass is 9.99. The van der Waals surface area contributed by atoms with Gasteiger partial charge in [0.15, 0.2) is 17.3 Å². The molecule has 1 aliphatic rings. The first-order valence-corrected chi connectivity index (χ1v) is 12.0. The number of benzene rings is 2. The van der Waals surface area contributed by atoms with Gasteiger partial charge in [-0.3, -0.25) is 14.3 Å². The average molecular weight is 502 g/mol. The lowest BCUT2D eigenvalue weighted by molar-refractivity contribution is 0.355. The van der Waals surface area contributed by atoms with Gasteiger partial charge >= 0.3 is 0 Å². The number of aromatic nitrogens is 3. The molecule has 0 spiro atoms. The summed E-state index contributed by atoms with van der Waals surface area (Å²) < 4.78 is 26.6. The van der Waals surface area contributed by atoms with Gasteiger partial charge in [-0.25, -0.2) is 9.37 Å². The number of nitrogens with one attached hydrogen (secondary N) is 1. The number of halogens is 1. The fourth-order valence-electron chi connectivity index (χ4n) is 4.61. The third kappa shape index (κ3) is 4.90. The van der Waals surface area contributed by atoms with Gasteiger partial charge < -0.3 is 19.7 Å². The first-order valence-electron chi connectivity index (χ1n) is 12.0. The van der Waals surface area contributed by atoms with Crippen molar-refractivity contribution in [2.45, 2.75) is 6.04 Å². The number of hydrogen-bond acceptors (Lipinski definition) is 7. The molecule has 0 radical (unpaired) electrons. The van der Waals surface area contributed by atoms with E-state index in [0.29, 0.717) is 42.8 Å². The third-order valence-electron chi connectivity index (χ3n) is 6.65. The Labute approximate surface area is 214 Å². The van der Waals surface area contributed by atoms with Crippen LogP contribution in [0.15, 0.2) is 71.8 Å². The first kappa shape index (κ1) is 24.5. The molecule has 190 valence electrons. The number of methoxy groups -OCH3 is 2. The molecule has 1 saturated heterocycles. The van der Waals surface area contributed by atoms with Gasteiger partial charge in [-0.1, -0.05) is 30.3 Å². The van der Waals surface area contributed by atoms with Crippen LogP contribution >= 0.6 is 0 Å². The lowest BCUT2D eigenvalue weighted by Crippen LogP contribution is -2.47. The van der Waals surface area contributed by atoms with Gasteiger partial charge in [0.1, 0.15) is 0 Å². The highest BCUT2D eigenvalue weighted by Gasteiger charge is 2.24. The Balaban J connectivity index is 1.39. The molecule has 0 aliphatic carbocycles. The van der Waals surface area contributed by atoms with Gasteiger partial charge in [-0.2, -0.15) is 0 Å². The molecule has 9 heteroatoms. The van der Waals surface area contributed by atoms with Gasteiger partial charge in [-0.15, -0.1) is 0 Å². The molecule has 0 amide bonds. The molecule has 0 unspecified atom stereocenters. The van der Waals surface area contributed by atoms with Crippen molar-refractivity contribution in [2.75, 3.05) is 38.8 Å². The molecule has 8 nitrogen and oxygen atoms in total. The maximum Gasteiger partial charge on any atom is 0.255 e. The van der Waals surface area contributed by atoms with E-state index in [9.17, 15) is 9.18 Å². The Morgan fingerprint density at radius 3 is 2.49 bits per heavy atom. The molecular weight excluding hydrogens is 473 g/mol. The summed E-state index contributed by atoms with van der Waals surface area (Å²) in [6, 6.07) is 17.1. The van der Waals surface area contributed by atoms with E-state index in [0.717, 1.165) is 22.9 Å². The molecule has 37 heavy (non-hydrogen) atoms. The lowest BCUT2D eigenvalue weighted by Gasteiger charge is -2.35. The molecule has 1 N–H and O–H groups in total. The van der Waals surface area contributed by atoms with E-state index in [-0.39, 0.29) is 17.2 Å². The van der Waals surface area contributed by atoms with Crippen LogP contribution in [0.5, 0.6) is 11.5 Å². The summed E-state index contributed by atoms with van der Waals surface area (Å²) in [6.45, 7) is 1.99. The fraction of sp³-hybridized carbons (Fsp3) is 0.250. The summed E-state index contributed by atoms with van der Waals surface area (Å²) in [5, 5.41) is 3.56. The zero-order chi connectivity index (χ0) is 25.9. The summed E-state index contributed by atoms with van der Waals surface area (Å²) in [5.74, 6) is 1.36. The number of ether oxygens (including phenoxy) is 2. The van der Waals surface area contributed by atoms with Gasteiger partial charge in [0.05, 0.1) is 26.1 Å². The van der Waals surface area contributed by atoms with Crippen LogP contribution in [0.2, 0.25) is 0 Å². The Morgan fingerprint density at radius 1 is 1.00 bits per heavy atom. The van der Waals surface area contributed by atoms with Crippen LogP contribution in [-0.4, -0.2) is 48.4 Å². The van der Waals surface area contributed by atoms with Crippen LogP contribution in [-0.2, 0) is 7.05 Å². The van der Waals surface area contributed by atoms with E-state index in [1.165, 1.54) is 22.9 Å². The number of piperazine rings is 1. The molecule has 3 heterocycles. The molecule has 1 fully saturated rings. The fourth-order valence-corrected chi connectivity index (χ4v) is 4.61. The predicted octanol–water partition coefficient (Wildman–Crippen LogP) is 3.82. The minimum atomic E-state index is -0.512. The zero-order valence-corrected chi connectivity index (χ0v) is 20.9. The second-order valence-corrected chi connectivity index (χ2v) is 8.84. The van der Waals surface area contributed by atoms with Crippen LogP contribution in [0.4, 0.5) is 10.3 Å². The Morgan fingerprint density at radius 2 is 1.76 bits per heavy atom. The van der Waals surface area contributed by atoms with Crippen molar-refractivity contribution in [3.63, 3.8) is 0 Å². The van der Waals surface area contributed by atoms with Gasteiger partial charge in [0.25, 0.3) is 5.56 Å². The SMILES string of the molecule is COc1ccc(-c2ccc([C@H]3CN(c4nc(-c5ccncc5F)cc(=O)n4C)CCN3)cc2)cc1OC. The van der Waals surface area contributed by atoms with E-state index in [1.807, 2.05) is 18.2 Å². The summed E-state index contributed by atoms with van der Waals surface area (Å²) >= 11 is 0. The third-order valence-corrected chi connectivity index (χ3v) is 6.65. The Hall–Kier alpha value is -4.24. The Bertz CT molecular complexity index is 1470. The highest BCUT2D eigenvalue weighted by molar-refractivity contribution is 5.67. The van der Waals surface area contributed by atoms with E-state index in [4.69, 9.17) is 9.47 Å². The monoisotopic (exact) mass is 501 g/mol. The van der Waals surface area contributed by atoms with Crippen molar-refractivity contribution < 1.29 is 13.9 Å². The number of pyridine rings is 1. The smallest absolute Gasteiger partial charge is 0.255 e. The molecule has 2 aromatic carbocycles. The normalized spacial score (nSPS) is 15.5. The highest BCUT2D eigenvalue weighted by atomic mass is 19.1.